The summed E-state index contributed by atoms with van der Waals surface area (Å²) in [5.74, 6) is 1.38. The number of rotatable bonds is 7. The van der Waals surface area contributed by atoms with Crippen LogP contribution in [0.1, 0.15) is 24.8 Å². The molecule has 0 aromatic heterocycles. The molecule has 2 rings (SSSR count). The van der Waals surface area contributed by atoms with E-state index in [0.717, 1.165) is 43.0 Å². The van der Waals surface area contributed by atoms with Gasteiger partial charge in [-0.3, -0.25) is 4.79 Å². The second-order valence-corrected chi connectivity index (χ2v) is 4.29. The van der Waals surface area contributed by atoms with Gasteiger partial charge in [-0.25, -0.2) is 0 Å². The van der Waals surface area contributed by atoms with E-state index in [1.165, 1.54) is 0 Å². The quantitative estimate of drug-likeness (QED) is 0.712. The van der Waals surface area contributed by atoms with Crippen molar-refractivity contribution in [2.75, 3.05) is 13.3 Å². The summed E-state index contributed by atoms with van der Waals surface area (Å²) < 4.78 is 10.6. The van der Waals surface area contributed by atoms with Gasteiger partial charge in [0.2, 0.25) is 12.7 Å². The molecule has 0 spiro atoms. The van der Waals surface area contributed by atoms with Crippen molar-refractivity contribution in [1.29, 1.82) is 0 Å². The Kier molecular flexibility index (Phi) is 4.41. The minimum Gasteiger partial charge on any atom is -0.454 e. The van der Waals surface area contributed by atoms with Crippen LogP contribution in [0.5, 0.6) is 11.5 Å². The molecule has 18 heavy (non-hydrogen) atoms. The van der Waals surface area contributed by atoms with E-state index in [-0.39, 0.29) is 5.91 Å². The Morgan fingerprint density at radius 1 is 1.28 bits per heavy atom. The Labute approximate surface area is 106 Å². The molecule has 1 heterocycles. The van der Waals surface area contributed by atoms with Gasteiger partial charge in [0.25, 0.3) is 0 Å². The highest BCUT2D eigenvalue weighted by atomic mass is 16.7. The Morgan fingerprint density at radius 3 is 2.94 bits per heavy atom. The van der Waals surface area contributed by atoms with Gasteiger partial charge in [-0.05, 0) is 37.1 Å². The van der Waals surface area contributed by atoms with Crippen molar-refractivity contribution in [1.82, 2.24) is 5.32 Å². The highest BCUT2D eigenvalue weighted by Gasteiger charge is 2.12. The summed E-state index contributed by atoms with van der Waals surface area (Å²) in [6, 6.07) is 5.93. The lowest BCUT2D eigenvalue weighted by Gasteiger charge is -2.05. The fourth-order valence-electron chi connectivity index (χ4n) is 1.83. The van der Waals surface area contributed by atoms with Crippen LogP contribution < -0.4 is 20.5 Å². The predicted molar refractivity (Wildman–Crippen MR) is 67.3 cm³/mol. The zero-order chi connectivity index (χ0) is 12.8. The summed E-state index contributed by atoms with van der Waals surface area (Å²) >= 11 is 0. The molecule has 0 unspecified atom stereocenters. The van der Waals surface area contributed by atoms with E-state index in [4.69, 9.17) is 15.2 Å². The zero-order valence-corrected chi connectivity index (χ0v) is 10.3. The molecule has 0 fully saturated rings. The highest BCUT2D eigenvalue weighted by molar-refractivity contribution is 5.73. The lowest BCUT2D eigenvalue weighted by atomic mass is 10.2. The average Bonchev–Trinajstić information content (AvgIpc) is 2.80. The van der Waals surface area contributed by atoms with Crippen molar-refractivity contribution in [3.63, 3.8) is 0 Å². The predicted octanol–water partition coefficient (Wildman–Crippen LogP) is 1.16. The van der Waals surface area contributed by atoms with E-state index in [1.54, 1.807) is 0 Å². The second kappa shape index (κ2) is 6.26. The Bertz CT molecular complexity index is 421. The number of nitrogens with two attached hydrogens (primary N) is 1. The van der Waals surface area contributed by atoms with Gasteiger partial charge in [0.15, 0.2) is 11.5 Å². The normalized spacial score (nSPS) is 12.7. The third-order valence-corrected chi connectivity index (χ3v) is 2.79. The summed E-state index contributed by atoms with van der Waals surface area (Å²) in [6.07, 6.45) is 2.25. The lowest BCUT2D eigenvalue weighted by molar-refractivity contribution is -0.118. The maximum Gasteiger partial charge on any atom is 0.231 e. The summed E-state index contributed by atoms with van der Waals surface area (Å²) in [5, 5.41) is 3.32. The first-order chi connectivity index (χ1) is 8.75. The second-order valence-electron chi connectivity index (χ2n) is 4.29. The van der Waals surface area contributed by atoms with Crippen LogP contribution in [0, 0.1) is 0 Å². The van der Waals surface area contributed by atoms with E-state index in [2.05, 4.69) is 5.32 Å². The van der Waals surface area contributed by atoms with Crippen molar-refractivity contribution >= 4 is 5.91 Å². The van der Waals surface area contributed by atoms with E-state index >= 15 is 0 Å². The molecule has 98 valence electrons. The molecule has 5 heteroatoms. The molecule has 0 saturated carbocycles. The molecule has 3 N–H and O–H groups in total. The SMILES string of the molecule is NC(=O)CCCCNCc1ccc2c(c1)OCO2. The number of hydrogen-bond donors (Lipinski definition) is 2. The summed E-state index contributed by atoms with van der Waals surface area (Å²) in [6.45, 7) is 1.97. The number of fused-ring (bicyclic) bond motifs is 1. The first-order valence-corrected chi connectivity index (χ1v) is 6.13. The molecule has 5 nitrogen and oxygen atoms in total. The number of amides is 1. The average molecular weight is 250 g/mol. The molecular weight excluding hydrogens is 232 g/mol. The van der Waals surface area contributed by atoms with Crippen molar-refractivity contribution < 1.29 is 14.3 Å². The van der Waals surface area contributed by atoms with Gasteiger partial charge in [0, 0.05) is 13.0 Å². The van der Waals surface area contributed by atoms with Crippen LogP contribution in [0.15, 0.2) is 18.2 Å². The van der Waals surface area contributed by atoms with Crippen molar-refractivity contribution in [2.24, 2.45) is 5.73 Å². The van der Waals surface area contributed by atoms with Gasteiger partial charge in [-0.2, -0.15) is 0 Å². The maximum absolute atomic E-state index is 10.5. The number of primary amides is 1. The number of hydrogen-bond acceptors (Lipinski definition) is 4. The fourth-order valence-corrected chi connectivity index (χ4v) is 1.83. The van der Waals surface area contributed by atoms with Crippen LogP contribution in [-0.2, 0) is 11.3 Å². The molecule has 0 radical (unpaired) electrons. The molecular formula is C13H18N2O3. The molecule has 1 aromatic rings. The number of carbonyl (C=O) groups is 1. The van der Waals surface area contributed by atoms with Gasteiger partial charge in [0.05, 0.1) is 0 Å². The zero-order valence-electron chi connectivity index (χ0n) is 10.3. The molecule has 0 saturated heterocycles. The standard InChI is InChI=1S/C13H18N2O3/c14-13(16)3-1-2-6-15-8-10-4-5-11-12(7-10)18-9-17-11/h4-5,7,15H,1-3,6,8-9H2,(H2,14,16). The van der Waals surface area contributed by atoms with Gasteiger partial charge in [-0.1, -0.05) is 6.07 Å². The lowest BCUT2D eigenvalue weighted by Crippen LogP contribution is -2.16. The van der Waals surface area contributed by atoms with Crippen LogP contribution in [-0.4, -0.2) is 19.2 Å². The monoisotopic (exact) mass is 250 g/mol. The van der Waals surface area contributed by atoms with Crippen LogP contribution in [0.4, 0.5) is 0 Å². The van der Waals surface area contributed by atoms with Gasteiger partial charge >= 0.3 is 0 Å². The first-order valence-electron chi connectivity index (χ1n) is 6.13. The molecule has 1 amide bonds. The van der Waals surface area contributed by atoms with E-state index < -0.39 is 0 Å². The van der Waals surface area contributed by atoms with Crippen molar-refractivity contribution in [3.05, 3.63) is 23.8 Å². The number of unbranched alkanes of at least 4 members (excludes halogenated alkanes) is 1. The van der Waals surface area contributed by atoms with Crippen LogP contribution in [0.2, 0.25) is 0 Å². The maximum atomic E-state index is 10.5. The minimum absolute atomic E-state index is 0.231. The Balaban J connectivity index is 1.66. The first kappa shape index (κ1) is 12.7. The Morgan fingerprint density at radius 2 is 2.11 bits per heavy atom. The van der Waals surface area contributed by atoms with Crippen LogP contribution in [0.3, 0.4) is 0 Å². The smallest absolute Gasteiger partial charge is 0.231 e. The number of nitrogens with one attached hydrogen (secondary N) is 1. The Hall–Kier alpha value is -1.75. The van der Waals surface area contributed by atoms with Crippen molar-refractivity contribution in [3.8, 4) is 11.5 Å². The summed E-state index contributed by atoms with van der Waals surface area (Å²) in [5.41, 5.74) is 6.23. The fraction of sp³-hybridized carbons (Fsp3) is 0.462. The molecule has 0 bridgehead atoms. The van der Waals surface area contributed by atoms with E-state index in [1.807, 2.05) is 18.2 Å². The van der Waals surface area contributed by atoms with Crippen molar-refractivity contribution in [2.45, 2.75) is 25.8 Å². The number of benzene rings is 1. The number of carbonyl (C=O) groups excluding carboxylic acids is 1. The minimum atomic E-state index is -0.231. The largest absolute Gasteiger partial charge is 0.454 e. The van der Waals surface area contributed by atoms with E-state index in [0.29, 0.717) is 13.2 Å². The number of ether oxygens (including phenoxy) is 2. The van der Waals surface area contributed by atoms with Gasteiger partial charge < -0.3 is 20.5 Å². The van der Waals surface area contributed by atoms with E-state index in [9.17, 15) is 4.79 Å². The molecule has 1 aliphatic heterocycles. The third-order valence-electron chi connectivity index (χ3n) is 2.79. The third kappa shape index (κ3) is 3.63. The molecule has 0 atom stereocenters. The molecule has 0 aliphatic carbocycles. The van der Waals surface area contributed by atoms with Gasteiger partial charge in [-0.15, -0.1) is 0 Å². The van der Waals surface area contributed by atoms with Gasteiger partial charge in [0.1, 0.15) is 0 Å². The topological polar surface area (TPSA) is 73.6 Å². The highest BCUT2D eigenvalue weighted by Crippen LogP contribution is 2.32. The summed E-state index contributed by atoms with van der Waals surface area (Å²) in [7, 11) is 0. The molecule has 1 aliphatic rings. The summed E-state index contributed by atoms with van der Waals surface area (Å²) in [4.78, 5) is 10.5. The van der Waals surface area contributed by atoms with Crippen LogP contribution in [0.25, 0.3) is 0 Å². The van der Waals surface area contributed by atoms with Crippen LogP contribution >= 0.6 is 0 Å². The molecule has 1 aromatic carbocycles.